The molecule has 2 unspecified atom stereocenters. The van der Waals surface area contributed by atoms with E-state index in [1.54, 1.807) is 35.9 Å². The molecule has 122 valence electrons. The molecule has 1 aliphatic heterocycles. The number of likely N-dealkylation sites (tertiary alicyclic amines) is 1. The number of carbonyl (C=O) groups is 1. The molecule has 23 heavy (non-hydrogen) atoms. The summed E-state index contributed by atoms with van der Waals surface area (Å²) in [7, 11) is 1.62. The Balaban J connectivity index is 1.72. The summed E-state index contributed by atoms with van der Waals surface area (Å²) in [6, 6.07) is 9.21. The van der Waals surface area contributed by atoms with Crippen molar-refractivity contribution in [2.45, 2.75) is 19.4 Å². The second kappa shape index (κ2) is 6.42. The van der Waals surface area contributed by atoms with Gasteiger partial charge in [0, 0.05) is 25.2 Å². The first-order chi connectivity index (χ1) is 11.1. The van der Waals surface area contributed by atoms with Gasteiger partial charge in [-0.05, 0) is 43.7 Å². The number of rotatable bonds is 4. The largest absolute Gasteiger partial charge is 0.497 e. The Kier molecular flexibility index (Phi) is 4.34. The molecule has 1 saturated heterocycles. The van der Waals surface area contributed by atoms with Crippen LogP contribution in [-0.4, -0.2) is 52.0 Å². The molecule has 0 bridgehead atoms. The van der Waals surface area contributed by atoms with Crippen molar-refractivity contribution in [3.8, 4) is 11.4 Å². The standard InChI is InChI=1S/C17H21N3O3/c1-12(21)13-7-9-19(11-13)17(22)16-8-10-20(18-16)14-3-5-15(23-2)6-4-14/h3-6,8,10,12-13,21H,7,9,11H2,1-2H3. The maximum Gasteiger partial charge on any atom is 0.274 e. The van der Waals surface area contributed by atoms with Crippen molar-refractivity contribution >= 4 is 5.91 Å². The third-order valence-corrected chi connectivity index (χ3v) is 4.34. The molecule has 0 radical (unpaired) electrons. The van der Waals surface area contributed by atoms with Gasteiger partial charge in [-0.1, -0.05) is 0 Å². The lowest BCUT2D eigenvalue weighted by atomic mass is 10.0. The first-order valence-corrected chi connectivity index (χ1v) is 7.76. The molecule has 2 aromatic rings. The van der Waals surface area contributed by atoms with Crippen molar-refractivity contribution in [3.63, 3.8) is 0 Å². The maximum atomic E-state index is 12.5. The predicted octanol–water partition coefficient (Wildman–Crippen LogP) is 1.72. The first-order valence-electron chi connectivity index (χ1n) is 7.76. The number of methoxy groups -OCH3 is 1. The van der Waals surface area contributed by atoms with Gasteiger partial charge in [0.15, 0.2) is 5.69 Å². The summed E-state index contributed by atoms with van der Waals surface area (Å²) in [6.45, 7) is 3.03. The number of hydrogen-bond donors (Lipinski definition) is 1. The van der Waals surface area contributed by atoms with E-state index in [9.17, 15) is 9.90 Å². The highest BCUT2D eigenvalue weighted by atomic mass is 16.5. The maximum absolute atomic E-state index is 12.5. The van der Waals surface area contributed by atoms with Gasteiger partial charge in [-0.2, -0.15) is 5.10 Å². The average molecular weight is 315 g/mol. The van der Waals surface area contributed by atoms with Gasteiger partial charge >= 0.3 is 0 Å². The molecule has 2 heterocycles. The van der Waals surface area contributed by atoms with Gasteiger partial charge in [-0.25, -0.2) is 4.68 Å². The zero-order chi connectivity index (χ0) is 16.4. The molecule has 6 heteroatoms. The molecule has 1 aliphatic rings. The number of amides is 1. The van der Waals surface area contributed by atoms with E-state index in [2.05, 4.69) is 5.10 Å². The molecule has 0 spiro atoms. The summed E-state index contributed by atoms with van der Waals surface area (Å²) in [4.78, 5) is 14.3. The Hall–Kier alpha value is -2.34. The first kappa shape index (κ1) is 15.6. The summed E-state index contributed by atoms with van der Waals surface area (Å²) in [5, 5.41) is 14.0. The van der Waals surface area contributed by atoms with Crippen LogP contribution < -0.4 is 4.74 Å². The number of aliphatic hydroxyl groups is 1. The van der Waals surface area contributed by atoms with Crippen LogP contribution in [0.1, 0.15) is 23.8 Å². The molecule has 0 aliphatic carbocycles. The fraction of sp³-hybridized carbons (Fsp3) is 0.412. The van der Waals surface area contributed by atoms with Crippen molar-refractivity contribution in [1.82, 2.24) is 14.7 Å². The third kappa shape index (κ3) is 3.22. The van der Waals surface area contributed by atoms with Crippen LogP contribution in [0.25, 0.3) is 5.69 Å². The highest BCUT2D eigenvalue weighted by molar-refractivity contribution is 5.92. The van der Waals surface area contributed by atoms with Crippen LogP contribution in [0.2, 0.25) is 0 Å². The Morgan fingerprint density at radius 2 is 2.09 bits per heavy atom. The lowest BCUT2D eigenvalue weighted by molar-refractivity contribution is 0.0756. The minimum absolute atomic E-state index is 0.0830. The molecule has 1 aromatic heterocycles. The van der Waals surface area contributed by atoms with Crippen molar-refractivity contribution in [1.29, 1.82) is 0 Å². The topological polar surface area (TPSA) is 67.6 Å². The lowest BCUT2D eigenvalue weighted by Crippen LogP contribution is -2.30. The van der Waals surface area contributed by atoms with Crippen LogP contribution in [-0.2, 0) is 0 Å². The van der Waals surface area contributed by atoms with Crippen LogP contribution in [0.5, 0.6) is 5.75 Å². The number of benzene rings is 1. The van der Waals surface area contributed by atoms with Gasteiger partial charge in [-0.15, -0.1) is 0 Å². The Morgan fingerprint density at radius 1 is 1.35 bits per heavy atom. The zero-order valence-electron chi connectivity index (χ0n) is 13.3. The predicted molar refractivity (Wildman–Crippen MR) is 85.8 cm³/mol. The number of ether oxygens (including phenoxy) is 1. The minimum Gasteiger partial charge on any atom is -0.497 e. The van der Waals surface area contributed by atoms with Crippen molar-refractivity contribution in [2.24, 2.45) is 5.92 Å². The highest BCUT2D eigenvalue weighted by Crippen LogP contribution is 2.21. The smallest absolute Gasteiger partial charge is 0.274 e. The molecule has 1 N–H and O–H groups in total. The Bertz CT molecular complexity index is 679. The van der Waals surface area contributed by atoms with Crippen LogP contribution >= 0.6 is 0 Å². The monoisotopic (exact) mass is 315 g/mol. The van der Waals surface area contributed by atoms with E-state index in [1.807, 2.05) is 24.3 Å². The molecular weight excluding hydrogens is 294 g/mol. The molecule has 1 amide bonds. The molecule has 0 saturated carbocycles. The third-order valence-electron chi connectivity index (χ3n) is 4.34. The van der Waals surface area contributed by atoms with Crippen LogP contribution in [0.3, 0.4) is 0 Å². The van der Waals surface area contributed by atoms with Gasteiger partial charge < -0.3 is 14.7 Å². The van der Waals surface area contributed by atoms with Gasteiger partial charge in [0.05, 0.1) is 18.9 Å². The quantitative estimate of drug-likeness (QED) is 0.933. The normalized spacial score (nSPS) is 18.9. The number of hydrogen-bond acceptors (Lipinski definition) is 4. The molecule has 1 aromatic carbocycles. The highest BCUT2D eigenvalue weighted by Gasteiger charge is 2.30. The van der Waals surface area contributed by atoms with Crippen LogP contribution in [0.4, 0.5) is 0 Å². The summed E-state index contributed by atoms with van der Waals surface area (Å²) in [5.74, 6) is 0.849. The minimum atomic E-state index is -0.385. The number of nitrogens with zero attached hydrogens (tertiary/aromatic N) is 3. The van der Waals surface area contributed by atoms with E-state index in [4.69, 9.17) is 4.74 Å². The van der Waals surface area contributed by atoms with Gasteiger partial charge in [0.1, 0.15) is 5.75 Å². The average Bonchev–Trinajstić information content (AvgIpc) is 3.24. The lowest BCUT2D eigenvalue weighted by Gasteiger charge is -2.16. The summed E-state index contributed by atoms with van der Waals surface area (Å²) >= 11 is 0. The molecule has 2 atom stereocenters. The Morgan fingerprint density at radius 3 is 2.70 bits per heavy atom. The van der Waals surface area contributed by atoms with Gasteiger partial charge in [0.2, 0.25) is 0 Å². The molecular formula is C17H21N3O3. The SMILES string of the molecule is COc1ccc(-n2ccc(C(=O)N3CCC(C(C)O)C3)n2)cc1. The van der Waals surface area contributed by atoms with Crippen LogP contribution in [0, 0.1) is 5.92 Å². The second-order valence-electron chi connectivity index (χ2n) is 5.88. The van der Waals surface area contributed by atoms with Crippen molar-refractivity contribution < 1.29 is 14.6 Å². The molecule has 3 rings (SSSR count). The van der Waals surface area contributed by atoms with Crippen molar-refractivity contribution in [3.05, 3.63) is 42.2 Å². The number of carbonyl (C=O) groups excluding carboxylic acids is 1. The van der Waals surface area contributed by atoms with E-state index in [1.165, 1.54) is 0 Å². The van der Waals surface area contributed by atoms with E-state index < -0.39 is 0 Å². The summed E-state index contributed by atoms with van der Waals surface area (Å²) in [6.07, 6.45) is 2.23. The fourth-order valence-electron chi connectivity index (χ4n) is 2.84. The summed E-state index contributed by atoms with van der Waals surface area (Å²) in [5.41, 5.74) is 1.29. The van der Waals surface area contributed by atoms with E-state index in [0.717, 1.165) is 17.9 Å². The fourth-order valence-corrected chi connectivity index (χ4v) is 2.84. The van der Waals surface area contributed by atoms with Crippen LogP contribution in [0.15, 0.2) is 36.5 Å². The summed E-state index contributed by atoms with van der Waals surface area (Å²) < 4.78 is 6.81. The Labute approximate surface area is 135 Å². The van der Waals surface area contributed by atoms with Gasteiger partial charge in [-0.3, -0.25) is 4.79 Å². The van der Waals surface area contributed by atoms with E-state index in [-0.39, 0.29) is 17.9 Å². The zero-order valence-corrected chi connectivity index (χ0v) is 13.3. The van der Waals surface area contributed by atoms with Gasteiger partial charge in [0.25, 0.3) is 5.91 Å². The number of aliphatic hydroxyl groups excluding tert-OH is 1. The molecule has 6 nitrogen and oxygen atoms in total. The molecule has 1 fully saturated rings. The van der Waals surface area contributed by atoms with E-state index in [0.29, 0.717) is 18.8 Å². The number of aromatic nitrogens is 2. The van der Waals surface area contributed by atoms with Crippen molar-refractivity contribution in [2.75, 3.05) is 20.2 Å². The van der Waals surface area contributed by atoms with E-state index >= 15 is 0 Å². The second-order valence-corrected chi connectivity index (χ2v) is 5.88.